The number of carbonyl (C=O) groups is 2. The van der Waals surface area contributed by atoms with Gasteiger partial charge in [-0.3, -0.25) is 4.79 Å². The highest BCUT2D eigenvalue weighted by molar-refractivity contribution is 5.98. The number of aromatic carboxylic acids is 1. The molecule has 2 N–H and O–H groups in total. The average Bonchev–Trinajstić information content (AvgIpc) is 2.76. The Kier molecular flexibility index (Phi) is 3.08. The van der Waals surface area contributed by atoms with Crippen LogP contribution in [-0.2, 0) is 4.79 Å². The van der Waals surface area contributed by atoms with Gasteiger partial charge >= 0.3 is 18.1 Å². The summed E-state index contributed by atoms with van der Waals surface area (Å²) in [7, 11) is 0. The van der Waals surface area contributed by atoms with E-state index in [2.05, 4.69) is 5.10 Å². The van der Waals surface area contributed by atoms with Crippen LogP contribution in [0.1, 0.15) is 10.4 Å². The fourth-order valence-electron chi connectivity index (χ4n) is 1.49. The number of hydrogen-bond acceptors (Lipinski definition) is 3. The Hall–Kier alpha value is -2.65. The van der Waals surface area contributed by atoms with Crippen LogP contribution >= 0.6 is 0 Å². The van der Waals surface area contributed by atoms with Crippen molar-refractivity contribution in [3.8, 4) is 0 Å². The number of amides is 1. The Morgan fingerprint density at radius 1 is 1.35 bits per heavy atom. The molecule has 2 aromatic rings. The molecule has 20 heavy (non-hydrogen) atoms. The summed E-state index contributed by atoms with van der Waals surface area (Å²) in [5.41, 5.74) is -1.87. The van der Waals surface area contributed by atoms with E-state index in [-0.39, 0.29) is 0 Å². The molecular weight excluding hydrogens is 286 g/mol. The van der Waals surface area contributed by atoms with Crippen LogP contribution in [-0.4, -0.2) is 32.8 Å². The normalized spacial score (nSPS) is 11.6. The zero-order valence-corrected chi connectivity index (χ0v) is 9.40. The van der Waals surface area contributed by atoms with Crippen LogP contribution in [0.3, 0.4) is 0 Å². The van der Waals surface area contributed by atoms with Crippen molar-refractivity contribution in [2.45, 2.75) is 6.18 Å². The number of carboxylic acids is 1. The molecule has 0 aliphatic heterocycles. The molecule has 0 atom stereocenters. The summed E-state index contributed by atoms with van der Waals surface area (Å²) >= 11 is 0. The van der Waals surface area contributed by atoms with E-state index >= 15 is 0 Å². The third-order valence-corrected chi connectivity index (χ3v) is 2.36. The average molecular weight is 291 g/mol. The number of alkyl halides is 3. The molecule has 0 aromatic carbocycles. The van der Waals surface area contributed by atoms with Crippen molar-refractivity contribution in [2.24, 2.45) is 0 Å². The van der Waals surface area contributed by atoms with E-state index in [1.54, 1.807) is 0 Å². The molecular formula is C10H5F4N3O3. The fourth-order valence-corrected chi connectivity index (χ4v) is 1.49. The number of nitrogens with zero attached hydrogens (tertiary/aromatic N) is 2. The molecule has 2 aromatic heterocycles. The van der Waals surface area contributed by atoms with Gasteiger partial charge in [-0.15, -0.1) is 0 Å². The van der Waals surface area contributed by atoms with Crippen molar-refractivity contribution in [3.05, 3.63) is 29.8 Å². The van der Waals surface area contributed by atoms with Crippen LogP contribution in [0.5, 0.6) is 0 Å². The number of carboxylic acid groups (broad SMARTS) is 1. The van der Waals surface area contributed by atoms with Crippen LogP contribution in [0.2, 0.25) is 0 Å². The lowest BCUT2D eigenvalue weighted by Crippen LogP contribution is -2.30. The minimum atomic E-state index is -5.19. The predicted octanol–water partition coefficient (Wildman–Crippen LogP) is 1.67. The first-order chi connectivity index (χ1) is 9.21. The Morgan fingerprint density at radius 3 is 2.55 bits per heavy atom. The van der Waals surface area contributed by atoms with E-state index in [1.807, 2.05) is 0 Å². The number of nitrogens with one attached hydrogen (secondary N) is 1. The summed E-state index contributed by atoms with van der Waals surface area (Å²) in [6.45, 7) is 0. The van der Waals surface area contributed by atoms with Crippen LogP contribution < -0.4 is 5.32 Å². The van der Waals surface area contributed by atoms with Gasteiger partial charge in [0.25, 0.3) is 0 Å². The summed E-state index contributed by atoms with van der Waals surface area (Å²) in [4.78, 5) is 21.6. The van der Waals surface area contributed by atoms with Crippen molar-refractivity contribution < 1.29 is 32.3 Å². The van der Waals surface area contributed by atoms with E-state index < -0.39 is 40.6 Å². The van der Waals surface area contributed by atoms with Gasteiger partial charge in [0.2, 0.25) is 0 Å². The third kappa shape index (κ3) is 2.27. The zero-order chi connectivity index (χ0) is 15.1. The highest BCUT2D eigenvalue weighted by Gasteiger charge is 2.39. The Morgan fingerprint density at radius 2 is 2.00 bits per heavy atom. The van der Waals surface area contributed by atoms with Crippen molar-refractivity contribution in [2.75, 3.05) is 5.32 Å². The maximum atomic E-state index is 14.0. The predicted molar refractivity (Wildman–Crippen MR) is 56.8 cm³/mol. The minimum Gasteiger partial charge on any atom is -0.478 e. The van der Waals surface area contributed by atoms with Crippen molar-refractivity contribution in [1.82, 2.24) is 9.61 Å². The van der Waals surface area contributed by atoms with Gasteiger partial charge in [0.15, 0.2) is 5.82 Å². The zero-order valence-electron chi connectivity index (χ0n) is 9.40. The number of halogens is 4. The van der Waals surface area contributed by atoms with Gasteiger partial charge in [-0.1, -0.05) is 0 Å². The number of aromatic nitrogens is 2. The second-order valence-electron chi connectivity index (χ2n) is 3.65. The Bertz CT molecular complexity index is 708. The SMILES string of the molecule is O=C(O)c1cnn2ccc(NC(=O)C(F)(F)F)c(F)c12. The van der Waals surface area contributed by atoms with Gasteiger partial charge in [-0.25, -0.2) is 13.7 Å². The fraction of sp³-hybridized carbons (Fsp3) is 0.100. The number of pyridine rings is 1. The molecule has 0 saturated heterocycles. The van der Waals surface area contributed by atoms with Crippen molar-refractivity contribution in [1.29, 1.82) is 0 Å². The third-order valence-electron chi connectivity index (χ3n) is 2.36. The molecule has 2 heterocycles. The van der Waals surface area contributed by atoms with Gasteiger partial charge in [0.1, 0.15) is 11.1 Å². The van der Waals surface area contributed by atoms with E-state index in [9.17, 15) is 27.2 Å². The summed E-state index contributed by atoms with van der Waals surface area (Å²) in [5, 5.41) is 13.7. The second kappa shape index (κ2) is 4.47. The molecule has 0 spiro atoms. The van der Waals surface area contributed by atoms with Gasteiger partial charge in [-0.2, -0.15) is 18.3 Å². The molecule has 0 fully saturated rings. The molecule has 0 aliphatic rings. The minimum absolute atomic E-state index is 0.536. The molecule has 106 valence electrons. The first-order valence-electron chi connectivity index (χ1n) is 4.99. The smallest absolute Gasteiger partial charge is 0.471 e. The van der Waals surface area contributed by atoms with Gasteiger partial charge in [0, 0.05) is 6.20 Å². The number of anilines is 1. The first-order valence-corrected chi connectivity index (χ1v) is 4.99. The lowest BCUT2D eigenvalue weighted by Gasteiger charge is -2.09. The first kappa shape index (κ1) is 13.8. The standard InChI is InChI=1S/C10H5F4N3O3/c11-6-5(16-9(20)10(12,13)14)1-2-17-7(6)4(3-15-17)8(18)19/h1-3H,(H,16,20)(H,18,19). The van der Waals surface area contributed by atoms with Crippen molar-refractivity contribution >= 4 is 23.1 Å². The lowest BCUT2D eigenvalue weighted by atomic mass is 10.2. The van der Waals surface area contributed by atoms with E-state index in [0.717, 1.165) is 23.0 Å². The summed E-state index contributed by atoms with van der Waals surface area (Å²) in [6.07, 6.45) is -3.32. The van der Waals surface area contributed by atoms with Gasteiger partial charge < -0.3 is 10.4 Å². The maximum absolute atomic E-state index is 14.0. The Labute approximate surface area is 107 Å². The summed E-state index contributed by atoms with van der Waals surface area (Å²) < 4.78 is 51.0. The van der Waals surface area contributed by atoms with Gasteiger partial charge in [-0.05, 0) is 6.07 Å². The molecule has 0 radical (unpaired) electrons. The molecule has 0 aliphatic carbocycles. The molecule has 0 saturated carbocycles. The monoisotopic (exact) mass is 291 g/mol. The topological polar surface area (TPSA) is 83.7 Å². The quantitative estimate of drug-likeness (QED) is 0.824. The van der Waals surface area contributed by atoms with Crippen LogP contribution in [0, 0.1) is 5.82 Å². The van der Waals surface area contributed by atoms with E-state index in [1.165, 1.54) is 5.32 Å². The molecule has 0 bridgehead atoms. The van der Waals surface area contributed by atoms with E-state index in [4.69, 9.17) is 5.11 Å². The highest BCUT2D eigenvalue weighted by Crippen LogP contribution is 2.24. The molecule has 10 heteroatoms. The molecule has 6 nitrogen and oxygen atoms in total. The number of carbonyl (C=O) groups excluding carboxylic acids is 1. The number of fused-ring (bicyclic) bond motifs is 1. The molecule has 2 rings (SSSR count). The van der Waals surface area contributed by atoms with Crippen LogP contribution in [0.25, 0.3) is 5.52 Å². The highest BCUT2D eigenvalue weighted by atomic mass is 19.4. The van der Waals surface area contributed by atoms with Crippen molar-refractivity contribution in [3.63, 3.8) is 0 Å². The number of hydrogen-bond donors (Lipinski definition) is 2. The lowest BCUT2D eigenvalue weighted by molar-refractivity contribution is -0.167. The maximum Gasteiger partial charge on any atom is 0.471 e. The Balaban J connectivity index is 2.51. The van der Waals surface area contributed by atoms with Gasteiger partial charge in [0.05, 0.1) is 11.9 Å². The summed E-state index contributed by atoms with van der Waals surface area (Å²) in [6, 6.07) is 0.838. The molecule has 1 amide bonds. The van der Waals surface area contributed by atoms with E-state index in [0.29, 0.717) is 0 Å². The largest absolute Gasteiger partial charge is 0.478 e. The number of rotatable bonds is 2. The van der Waals surface area contributed by atoms with Crippen LogP contribution in [0.4, 0.5) is 23.2 Å². The summed E-state index contributed by atoms with van der Waals surface area (Å²) in [5.74, 6) is -5.18. The van der Waals surface area contributed by atoms with Crippen LogP contribution in [0.15, 0.2) is 18.5 Å². The second-order valence-corrected chi connectivity index (χ2v) is 3.65. The molecule has 0 unspecified atom stereocenters.